The highest BCUT2D eigenvalue weighted by atomic mass is 16.5. The van der Waals surface area contributed by atoms with Gasteiger partial charge in [-0.05, 0) is 45.4 Å². The molecule has 0 atom stereocenters. The van der Waals surface area contributed by atoms with Crippen LogP contribution in [-0.2, 0) is 7.05 Å². The lowest BCUT2D eigenvalue weighted by Crippen LogP contribution is -1.93. The van der Waals surface area contributed by atoms with Crippen LogP contribution in [0.3, 0.4) is 0 Å². The molecule has 0 saturated heterocycles. The van der Waals surface area contributed by atoms with Gasteiger partial charge in [-0.15, -0.1) is 0 Å². The number of nitrogens with one attached hydrogen (secondary N) is 1. The van der Waals surface area contributed by atoms with Crippen LogP contribution in [0.2, 0.25) is 0 Å². The Kier molecular flexibility index (Phi) is 3.09. The highest BCUT2D eigenvalue weighted by molar-refractivity contribution is 5.97. The molecule has 6 heteroatoms. The first-order valence-corrected chi connectivity index (χ1v) is 7.88. The molecular weight excluding hydrogens is 302 g/mol. The summed E-state index contributed by atoms with van der Waals surface area (Å²) in [5.74, 6) is 0.817. The zero-order chi connectivity index (χ0) is 17.0. The van der Waals surface area contributed by atoms with E-state index in [0.29, 0.717) is 0 Å². The minimum atomic E-state index is 0.817. The molecule has 0 unspecified atom stereocenters. The molecule has 0 saturated carbocycles. The predicted molar refractivity (Wildman–Crippen MR) is 92.7 cm³/mol. The molecule has 0 radical (unpaired) electrons. The molecular formula is C18H19N5O. The van der Waals surface area contributed by atoms with Gasteiger partial charge in [-0.3, -0.25) is 4.68 Å². The van der Waals surface area contributed by atoms with Crippen LogP contribution < -0.4 is 0 Å². The van der Waals surface area contributed by atoms with Gasteiger partial charge in [-0.25, -0.2) is 4.98 Å². The SMILES string of the molecule is Cc1noc(C)c1-c1cc(-c2c(C)nn(C)c2C)c2nc[nH]c2c1. The molecule has 0 spiro atoms. The van der Waals surface area contributed by atoms with E-state index in [1.807, 2.05) is 32.5 Å². The first-order chi connectivity index (χ1) is 11.5. The van der Waals surface area contributed by atoms with E-state index in [2.05, 4.69) is 39.3 Å². The van der Waals surface area contributed by atoms with Crippen LogP contribution >= 0.6 is 0 Å². The first kappa shape index (κ1) is 14.7. The summed E-state index contributed by atoms with van der Waals surface area (Å²) in [7, 11) is 1.96. The fourth-order valence-corrected chi connectivity index (χ4v) is 3.44. The standard InChI is InChI=1S/C18H19N5O/c1-9-16(11(3)23(5)21-9)14-6-13(7-15-18(14)20-8-19-15)17-10(2)22-24-12(17)4/h6-8H,1-5H3,(H,19,20). The van der Waals surface area contributed by atoms with E-state index in [0.717, 1.165) is 56.1 Å². The summed E-state index contributed by atoms with van der Waals surface area (Å²) in [4.78, 5) is 7.75. The highest BCUT2D eigenvalue weighted by Gasteiger charge is 2.19. The van der Waals surface area contributed by atoms with Gasteiger partial charge in [-0.1, -0.05) is 5.16 Å². The molecule has 3 aromatic heterocycles. The summed E-state index contributed by atoms with van der Waals surface area (Å²) in [5, 5.41) is 8.64. The monoisotopic (exact) mass is 321 g/mol. The number of aromatic nitrogens is 5. The second-order valence-corrected chi connectivity index (χ2v) is 6.19. The Morgan fingerprint density at radius 3 is 2.46 bits per heavy atom. The molecule has 1 N–H and O–H groups in total. The van der Waals surface area contributed by atoms with Gasteiger partial charge in [0.25, 0.3) is 0 Å². The number of nitrogens with zero attached hydrogens (tertiary/aromatic N) is 4. The maximum absolute atomic E-state index is 5.35. The molecule has 4 rings (SSSR count). The Morgan fingerprint density at radius 2 is 1.83 bits per heavy atom. The number of imidazole rings is 1. The van der Waals surface area contributed by atoms with Crippen LogP contribution in [0.15, 0.2) is 23.0 Å². The van der Waals surface area contributed by atoms with E-state index in [4.69, 9.17) is 4.52 Å². The van der Waals surface area contributed by atoms with Crippen molar-refractivity contribution in [3.05, 3.63) is 41.3 Å². The van der Waals surface area contributed by atoms with Gasteiger partial charge in [0.2, 0.25) is 0 Å². The van der Waals surface area contributed by atoms with Crippen LogP contribution in [0.25, 0.3) is 33.3 Å². The largest absolute Gasteiger partial charge is 0.361 e. The number of aromatic amines is 1. The third-order valence-electron chi connectivity index (χ3n) is 4.62. The number of fused-ring (bicyclic) bond motifs is 1. The Balaban J connectivity index is 2.07. The van der Waals surface area contributed by atoms with Gasteiger partial charge in [0, 0.05) is 29.4 Å². The third-order valence-corrected chi connectivity index (χ3v) is 4.62. The molecule has 122 valence electrons. The molecule has 0 aliphatic carbocycles. The Bertz CT molecular complexity index is 1050. The quantitative estimate of drug-likeness (QED) is 0.608. The molecule has 0 bridgehead atoms. The summed E-state index contributed by atoms with van der Waals surface area (Å²) >= 11 is 0. The zero-order valence-electron chi connectivity index (χ0n) is 14.4. The van der Waals surface area contributed by atoms with Crippen molar-refractivity contribution in [1.29, 1.82) is 0 Å². The van der Waals surface area contributed by atoms with Crippen LogP contribution in [0.5, 0.6) is 0 Å². The Labute approximate surface area is 139 Å². The molecule has 4 aromatic rings. The minimum Gasteiger partial charge on any atom is -0.361 e. The highest BCUT2D eigenvalue weighted by Crippen LogP contribution is 2.37. The fourth-order valence-electron chi connectivity index (χ4n) is 3.44. The van der Waals surface area contributed by atoms with Crippen molar-refractivity contribution in [2.75, 3.05) is 0 Å². The number of rotatable bonds is 2. The van der Waals surface area contributed by atoms with E-state index in [9.17, 15) is 0 Å². The molecule has 0 fully saturated rings. The second kappa shape index (κ2) is 5.06. The van der Waals surface area contributed by atoms with E-state index in [1.165, 1.54) is 0 Å². The Morgan fingerprint density at radius 1 is 1.04 bits per heavy atom. The van der Waals surface area contributed by atoms with E-state index in [-0.39, 0.29) is 0 Å². The molecule has 1 aromatic carbocycles. The van der Waals surface area contributed by atoms with Crippen molar-refractivity contribution in [1.82, 2.24) is 24.9 Å². The number of benzene rings is 1. The van der Waals surface area contributed by atoms with Crippen molar-refractivity contribution in [2.24, 2.45) is 7.05 Å². The van der Waals surface area contributed by atoms with E-state index < -0.39 is 0 Å². The number of aryl methyl sites for hydroxylation is 4. The van der Waals surface area contributed by atoms with Crippen molar-refractivity contribution in [3.8, 4) is 22.3 Å². The molecule has 0 amide bonds. The second-order valence-electron chi connectivity index (χ2n) is 6.19. The summed E-state index contributed by atoms with van der Waals surface area (Å²) in [5.41, 5.74) is 9.25. The van der Waals surface area contributed by atoms with E-state index >= 15 is 0 Å². The fraction of sp³-hybridized carbons (Fsp3) is 0.278. The summed E-state index contributed by atoms with van der Waals surface area (Å²) in [6, 6.07) is 4.26. The minimum absolute atomic E-state index is 0.817. The number of H-pyrrole nitrogens is 1. The number of hydrogen-bond donors (Lipinski definition) is 1. The smallest absolute Gasteiger partial charge is 0.141 e. The van der Waals surface area contributed by atoms with Crippen molar-refractivity contribution >= 4 is 11.0 Å². The molecule has 6 nitrogen and oxygen atoms in total. The lowest BCUT2D eigenvalue weighted by atomic mass is 9.95. The van der Waals surface area contributed by atoms with Gasteiger partial charge >= 0.3 is 0 Å². The Hall–Kier alpha value is -2.89. The van der Waals surface area contributed by atoms with Gasteiger partial charge in [0.1, 0.15) is 5.76 Å². The topological polar surface area (TPSA) is 72.5 Å². The van der Waals surface area contributed by atoms with Gasteiger partial charge in [-0.2, -0.15) is 5.10 Å². The van der Waals surface area contributed by atoms with Crippen LogP contribution in [0.1, 0.15) is 22.8 Å². The van der Waals surface area contributed by atoms with Crippen molar-refractivity contribution in [2.45, 2.75) is 27.7 Å². The summed E-state index contributed by atoms with van der Waals surface area (Å²) in [6.45, 7) is 8.01. The van der Waals surface area contributed by atoms with Crippen LogP contribution in [0, 0.1) is 27.7 Å². The molecule has 24 heavy (non-hydrogen) atoms. The van der Waals surface area contributed by atoms with Crippen LogP contribution in [0.4, 0.5) is 0 Å². The van der Waals surface area contributed by atoms with Gasteiger partial charge < -0.3 is 9.51 Å². The molecule has 0 aliphatic rings. The molecule has 0 aliphatic heterocycles. The van der Waals surface area contributed by atoms with Crippen LogP contribution in [-0.4, -0.2) is 24.9 Å². The van der Waals surface area contributed by atoms with E-state index in [1.54, 1.807) is 6.33 Å². The lowest BCUT2D eigenvalue weighted by molar-refractivity contribution is 0.393. The molecule has 3 heterocycles. The van der Waals surface area contributed by atoms with Crippen molar-refractivity contribution in [3.63, 3.8) is 0 Å². The van der Waals surface area contributed by atoms with Crippen molar-refractivity contribution < 1.29 is 4.52 Å². The zero-order valence-corrected chi connectivity index (χ0v) is 14.4. The maximum Gasteiger partial charge on any atom is 0.141 e. The summed E-state index contributed by atoms with van der Waals surface area (Å²) < 4.78 is 7.26. The normalized spacial score (nSPS) is 11.5. The van der Waals surface area contributed by atoms with Gasteiger partial charge in [0.05, 0.1) is 28.7 Å². The maximum atomic E-state index is 5.35. The lowest BCUT2D eigenvalue weighted by Gasteiger charge is -2.08. The number of hydrogen-bond acceptors (Lipinski definition) is 4. The first-order valence-electron chi connectivity index (χ1n) is 7.88. The average molecular weight is 321 g/mol. The third kappa shape index (κ3) is 1.99. The average Bonchev–Trinajstić information content (AvgIpc) is 3.19. The summed E-state index contributed by atoms with van der Waals surface area (Å²) in [6.07, 6.45) is 1.73. The van der Waals surface area contributed by atoms with Gasteiger partial charge in [0.15, 0.2) is 0 Å². The predicted octanol–water partition coefficient (Wildman–Crippen LogP) is 3.85.